The summed E-state index contributed by atoms with van der Waals surface area (Å²) in [4.78, 5) is 50.6. The largest absolute Gasteiger partial charge is 0.324 e. The fraction of sp³-hybridized carbons (Fsp3) is 0.312. The van der Waals surface area contributed by atoms with E-state index in [1.54, 1.807) is 26.0 Å². The van der Waals surface area contributed by atoms with E-state index in [2.05, 4.69) is 31.1 Å². The van der Waals surface area contributed by atoms with Crippen LogP contribution in [0.3, 0.4) is 0 Å². The molecule has 0 radical (unpaired) electrons. The number of rotatable bonds is 10. The number of carbonyl (C=O) groups is 4. The normalized spacial score (nSPS) is 12.8. The highest BCUT2D eigenvalue weighted by Gasteiger charge is 2.26. The molecule has 3 rings (SSSR count). The number of anilines is 2. The van der Waals surface area contributed by atoms with E-state index in [0.29, 0.717) is 33.9 Å². The van der Waals surface area contributed by atoms with Crippen LogP contribution in [0.15, 0.2) is 69.0 Å². The van der Waals surface area contributed by atoms with E-state index < -0.39 is 35.5 Å². The highest BCUT2D eigenvalue weighted by molar-refractivity contribution is 6.11. The molecule has 3 aromatic carbocycles. The number of azo groups is 2. The molecule has 10 heteroatoms. The first-order chi connectivity index (χ1) is 19.8. The van der Waals surface area contributed by atoms with Crippen molar-refractivity contribution in [1.29, 1.82) is 0 Å². The van der Waals surface area contributed by atoms with E-state index in [0.717, 1.165) is 22.3 Å². The number of amides is 2. The van der Waals surface area contributed by atoms with Gasteiger partial charge >= 0.3 is 0 Å². The molecule has 0 aliphatic carbocycles. The zero-order valence-corrected chi connectivity index (χ0v) is 25.2. The summed E-state index contributed by atoms with van der Waals surface area (Å²) in [6.07, 6.45) is 0. The quantitative estimate of drug-likeness (QED) is 0.203. The van der Waals surface area contributed by atoms with E-state index in [-0.39, 0.29) is 0 Å². The van der Waals surface area contributed by atoms with Gasteiger partial charge in [0.25, 0.3) is 11.8 Å². The van der Waals surface area contributed by atoms with Gasteiger partial charge in [-0.25, -0.2) is 0 Å². The number of Topliss-reactive ketones (excluding diaryl/α,β-unsaturated/α-hetero) is 2. The van der Waals surface area contributed by atoms with Gasteiger partial charge in [0, 0.05) is 11.4 Å². The van der Waals surface area contributed by atoms with Crippen molar-refractivity contribution in [3.63, 3.8) is 0 Å². The molecule has 0 saturated heterocycles. The van der Waals surface area contributed by atoms with Crippen LogP contribution in [0, 0.1) is 41.5 Å². The lowest BCUT2D eigenvalue weighted by atomic mass is 10.1. The van der Waals surface area contributed by atoms with Gasteiger partial charge in [-0.3, -0.25) is 19.2 Å². The number of hydrogen-bond donors (Lipinski definition) is 2. The van der Waals surface area contributed by atoms with Crippen molar-refractivity contribution >= 4 is 46.1 Å². The molecule has 0 fully saturated rings. The van der Waals surface area contributed by atoms with E-state index >= 15 is 0 Å². The summed E-state index contributed by atoms with van der Waals surface area (Å²) in [6, 6.07) is 12.0. The van der Waals surface area contributed by atoms with Gasteiger partial charge < -0.3 is 10.6 Å². The maximum Gasteiger partial charge on any atom is 0.258 e. The van der Waals surface area contributed by atoms with Gasteiger partial charge in [0.2, 0.25) is 12.1 Å². The third-order valence-electron chi connectivity index (χ3n) is 6.65. The second-order valence-corrected chi connectivity index (χ2v) is 10.5. The standard InChI is InChI=1S/C32H36N6O4/c1-17-9-11-19(3)27(13-17)35-37-29(23(7)39)31(41)33-25-15-22(6)26(16-21(25)5)34-32(42)30(24(8)40)38-36-28-14-18(2)10-12-20(28)4/h9-16,29-30H,1-8H3,(H,33,41)(H,34,42). The van der Waals surface area contributed by atoms with Gasteiger partial charge in [-0.2, -0.15) is 20.5 Å². The smallest absolute Gasteiger partial charge is 0.258 e. The highest BCUT2D eigenvalue weighted by atomic mass is 16.2. The summed E-state index contributed by atoms with van der Waals surface area (Å²) in [5.74, 6) is -2.16. The van der Waals surface area contributed by atoms with Crippen LogP contribution in [0.2, 0.25) is 0 Å². The van der Waals surface area contributed by atoms with Crippen LogP contribution < -0.4 is 10.6 Å². The van der Waals surface area contributed by atoms with Crippen LogP contribution in [-0.2, 0) is 19.2 Å². The fourth-order valence-electron chi connectivity index (χ4n) is 4.02. The number of ketones is 2. The first-order valence-corrected chi connectivity index (χ1v) is 13.5. The Morgan fingerprint density at radius 2 is 0.905 bits per heavy atom. The Kier molecular flexibility index (Phi) is 10.3. The van der Waals surface area contributed by atoms with Crippen LogP contribution >= 0.6 is 0 Å². The Morgan fingerprint density at radius 1 is 0.548 bits per heavy atom. The van der Waals surface area contributed by atoms with E-state index in [1.807, 2.05) is 64.1 Å². The second kappa shape index (κ2) is 13.7. The predicted octanol–water partition coefficient (Wildman–Crippen LogP) is 6.90. The van der Waals surface area contributed by atoms with Crippen LogP contribution in [0.25, 0.3) is 0 Å². The average Bonchev–Trinajstić information content (AvgIpc) is 2.90. The maximum absolute atomic E-state index is 13.0. The first kappa shape index (κ1) is 31.7. The SMILES string of the molecule is CC(=O)C(N=Nc1cc(C)ccc1C)C(=O)Nc1cc(C)c(NC(=O)C(N=Nc2cc(C)ccc2C)C(C)=O)cc1C. The van der Waals surface area contributed by atoms with E-state index in [4.69, 9.17) is 0 Å². The number of hydrogen-bond acceptors (Lipinski definition) is 8. The molecular formula is C32H36N6O4. The molecule has 0 aliphatic rings. The number of nitrogens with one attached hydrogen (secondary N) is 2. The van der Waals surface area contributed by atoms with Crippen LogP contribution in [0.1, 0.15) is 47.2 Å². The minimum atomic E-state index is -1.33. The molecule has 2 amide bonds. The molecule has 0 heterocycles. The molecule has 2 unspecified atom stereocenters. The molecule has 10 nitrogen and oxygen atoms in total. The minimum absolute atomic E-state index is 0.446. The Bertz CT molecular complexity index is 1490. The van der Waals surface area contributed by atoms with Gasteiger partial charge in [-0.05, 0) is 113 Å². The monoisotopic (exact) mass is 568 g/mol. The summed E-state index contributed by atoms with van der Waals surface area (Å²) in [6.45, 7) is 13.6. The molecule has 0 aliphatic heterocycles. The summed E-state index contributed by atoms with van der Waals surface area (Å²) >= 11 is 0. The van der Waals surface area contributed by atoms with Crippen molar-refractivity contribution in [1.82, 2.24) is 0 Å². The summed E-state index contributed by atoms with van der Waals surface area (Å²) in [7, 11) is 0. The third-order valence-corrected chi connectivity index (χ3v) is 6.65. The summed E-state index contributed by atoms with van der Waals surface area (Å²) < 4.78 is 0. The average molecular weight is 569 g/mol. The van der Waals surface area contributed by atoms with Crippen LogP contribution in [-0.4, -0.2) is 35.5 Å². The minimum Gasteiger partial charge on any atom is -0.324 e. The van der Waals surface area contributed by atoms with Crippen molar-refractivity contribution in [2.75, 3.05) is 10.6 Å². The van der Waals surface area contributed by atoms with Crippen molar-refractivity contribution in [3.8, 4) is 0 Å². The fourth-order valence-corrected chi connectivity index (χ4v) is 4.02. The van der Waals surface area contributed by atoms with Crippen molar-refractivity contribution < 1.29 is 19.2 Å². The molecular weight excluding hydrogens is 532 g/mol. The van der Waals surface area contributed by atoms with Crippen molar-refractivity contribution in [3.05, 3.63) is 81.9 Å². The number of benzene rings is 3. The number of carbonyl (C=O) groups excluding carboxylic acids is 4. The summed E-state index contributed by atoms with van der Waals surface area (Å²) in [5, 5.41) is 21.9. The highest BCUT2D eigenvalue weighted by Crippen LogP contribution is 2.26. The predicted molar refractivity (Wildman–Crippen MR) is 163 cm³/mol. The van der Waals surface area contributed by atoms with E-state index in [1.165, 1.54) is 13.8 Å². The first-order valence-electron chi connectivity index (χ1n) is 13.5. The van der Waals surface area contributed by atoms with Gasteiger partial charge in [-0.15, -0.1) is 0 Å². The third kappa shape index (κ3) is 8.09. The topological polar surface area (TPSA) is 142 Å². The summed E-state index contributed by atoms with van der Waals surface area (Å²) in [5.41, 5.74) is 7.00. The molecule has 0 spiro atoms. The number of nitrogens with zero attached hydrogens (tertiary/aromatic N) is 4. The molecule has 218 valence electrons. The zero-order valence-electron chi connectivity index (χ0n) is 25.2. The Labute approximate surface area is 245 Å². The van der Waals surface area contributed by atoms with E-state index in [9.17, 15) is 19.2 Å². The lowest BCUT2D eigenvalue weighted by Gasteiger charge is -2.16. The van der Waals surface area contributed by atoms with Gasteiger partial charge in [-0.1, -0.05) is 24.3 Å². The maximum atomic E-state index is 13.0. The van der Waals surface area contributed by atoms with Gasteiger partial charge in [0.1, 0.15) is 0 Å². The molecule has 0 aromatic heterocycles. The van der Waals surface area contributed by atoms with Gasteiger partial charge in [0.15, 0.2) is 11.6 Å². The Hall–Kier alpha value is -4.86. The number of aryl methyl sites for hydroxylation is 6. The Morgan fingerprint density at radius 3 is 1.24 bits per heavy atom. The molecule has 3 aromatic rings. The second-order valence-electron chi connectivity index (χ2n) is 10.5. The molecule has 0 bridgehead atoms. The Balaban J connectivity index is 1.78. The van der Waals surface area contributed by atoms with Crippen molar-refractivity contribution in [2.24, 2.45) is 20.5 Å². The van der Waals surface area contributed by atoms with Crippen LogP contribution in [0.4, 0.5) is 22.7 Å². The molecule has 2 N–H and O–H groups in total. The van der Waals surface area contributed by atoms with Crippen molar-refractivity contribution in [2.45, 2.75) is 67.5 Å². The van der Waals surface area contributed by atoms with Gasteiger partial charge in [0.05, 0.1) is 11.4 Å². The van der Waals surface area contributed by atoms with Crippen LogP contribution in [0.5, 0.6) is 0 Å². The molecule has 42 heavy (non-hydrogen) atoms. The zero-order chi connectivity index (χ0) is 31.1. The molecule has 2 atom stereocenters. The molecule has 0 saturated carbocycles. The lowest BCUT2D eigenvalue weighted by molar-refractivity contribution is -0.127. The lowest BCUT2D eigenvalue weighted by Crippen LogP contribution is -2.32.